The van der Waals surface area contributed by atoms with Gasteiger partial charge in [0.25, 0.3) is 0 Å². The average molecular weight is 459 g/mol. The van der Waals surface area contributed by atoms with E-state index in [0.29, 0.717) is 12.5 Å². The first kappa shape index (κ1) is 21.5. The van der Waals surface area contributed by atoms with E-state index < -0.39 is 0 Å². The maximum absolute atomic E-state index is 4.65. The molecule has 25 heavy (non-hydrogen) atoms. The molecule has 140 valence electrons. The molecule has 2 rings (SSSR count). The predicted octanol–water partition coefficient (Wildman–Crippen LogP) is 2.50. The Hall–Kier alpha value is -1.58. The Balaban J connectivity index is 0.00000312. The molecule has 8 heteroatoms. The highest BCUT2D eigenvalue weighted by molar-refractivity contribution is 14.0. The molecule has 0 atom stereocenters. The van der Waals surface area contributed by atoms with Crippen molar-refractivity contribution < 1.29 is 0 Å². The van der Waals surface area contributed by atoms with Gasteiger partial charge < -0.3 is 15.2 Å². The third-order valence-corrected chi connectivity index (χ3v) is 3.50. The summed E-state index contributed by atoms with van der Waals surface area (Å²) in [6.45, 7) is 10.6. The van der Waals surface area contributed by atoms with Crippen molar-refractivity contribution in [2.75, 3.05) is 13.1 Å². The molecule has 2 aromatic rings. The summed E-state index contributed by atoms with van der Waals surface area (Å²) in [4.78, 5) is 9.07. The van der Waals surface area contributed by atoms with Crippen LogP contribution in [0.3, 0.4) is 0 Å². The molecule has 0 aromatic carbocycles. The van der Waals surface area contributed by atoms with Crippen LogP contribution in [0.4, 0.5) is 0 Å². The molecule has 0 unspecified atom stereocenters. The maximum Gasteiger partial charge on any atom is 0.191 e. The van der Waals surface area contributed by atoms with Crippen molar-refractivity contribution in [1.29, 1.82) is 0 Å². The second kappa shape index (κ2) is 11.9. The molecule has 0 bridgehead atoms. The lowest BCUT2D eigenvalue weighted by atomic mass is 10.2. The monoisotopic (exact) mass is 459 g/mol. The largest absolute Gasteiger partial charge is 0.357 e. The number of rotatable bonds is 9. The van der Waals surface area contributed by atoms with Crippen molar-refractivity contribution in [3.8, 4) is 0 Å². The molecular formula is C17H30IN7. The number of guanidine groups is 1. The Labute approximate surface area is 167 Å². The van der Waals surface area contributed by atoms with Gasteiger partial charge in [-0.2, -0.15) is 5.10 Å². The summed E-state index contributed by atoms with van der Waals surface area (Å²) in [6, 6.07) is 1.94. The van der Waals surface area contributed by atoms with Gasteiger partial charge in [-0.15, -0.1) is 24.0 Å². The van der Waals surface area contributed by atoms with Gasteiger partial charge in [0.15, 0.2) is 5.96 Å². The highest BCUT2D eigenvalue weighted by Gasteiger charge is 2.05. The van der Waals surface area contributed by atoms with E-state index in [4.69, 9.17) is 0 Å². The summed E-state index contributed by atoms with van der Waals surface area (Å²) in [5.74, 6) is 2.42. The molecule has 2 aromatic heterocycles. The number of aryl methyl sites for hydroxylation is 1. The standard InChI is InChI=1S/C17H29N7.HI/c1-4-18-17(20-7-5-10-24-11-6-8-22-24)21-13-16-19-9-12-23(16)14-15(2)3;/h6,8-9,11-12,15H,4-5,7,10,13-14H2,1-3H3,(H2,18,20,21);1H. The molecule has 2 N–H and O–H groups in total. The van der Waals surface area contributed by atoms with E-state index in [0.717, 1.165) is 44.4 Å². The average Bonchev–Trinajstić information content (AvgIpc) is 3.20. The summed E-state index contributed by atoms with van der Waals surface area (Å²) < 4.78 is 4.11. The highest BCUT2D eigenvalue weighted by Crippen LogP contribution is 2.04. The number of nitrogens with zero attached hydrogens (tertiary/aromatic N) is 5. The lowest BCUT2D eigenvalue weighted by Crippen LogP contribution is -2.38. The summed E-state index contributed by atoms with van der Waals surface area (Å²) in [7, 11) is 0. The first-order valence-corrected chi connectivity index (χ1v) is 8.68. The van der Waals surface area contributed by atoms with Crippen LogP contribution < -0.4 is 10.6 Å². The number of hydrogen-bond acceptors (Lipinski definition) is 3. The van der Waals surface area contributed by atoms with Gasteiger partial charge in [0.1, 0.15) is 12.4 Å². The molecule has 0 spiro atoms. The first-order valence-electron chi connectivity index (χ1n) is 8.68. The van der Waals surface area contributed by atoms with Gasteiger partial charge in [0.05, 0.1) is 0 Å². The van der Waals surface area contributed by atoms with Crippen LogP contribution in [0.2, 0.25) is 0 Å². The third kappa shape index (κ3) is 7.89. The van der Waals surface area contributed by atoms with E-state index in [-0.39, 0.29) is 24.0 Å². The fourth-order valence-corrected chi connectivity index (χ4v) is 2.42. The number of imidazole rings is 1. The van der Waals surface area contributed by atoms with Gasteiger partial charge in [-0.25, -0.2) is 9.98 Å². The summed E-state index contributed by atoms with van der Waals surface area (Å²) in [6.07, 6.45) is 8.65. The van der Waals surface area contributed by atoms with E-state index in [1.807, 2.05) is 29.3 Å². The molecule has 0 fully saturated rings. The van der Waals surface area contributed by atoms with Gasteiger partial charge in [0.2, 0.25) is 0 Å². The minimum Gasteiger partial charge on any atom is -0.357 e. The summed E-state index contributed by atoms with van der Waals surface area (Å²) in [5.41, 5.74) is 0. The van der Waals surface area contributed by atoms with E-state index in [1.54, 1.807) is 6.20 Å². The third-order valence-electron chi connectivity index (χ3n) is 3.50. The zero-order valence-corrected chi connectivity index (χ0v) is 17.7. The molecular weight excluding hydrogens is 429 g/mol. The first-order chi connectivity index (χ1) is 11.7. The predicted molar refractivity (Wildman–Crippen MR) is 112 cm³/mol. The summed E-state index contributed by atoms with van der Waals surface area (Å²) >= 11 is 0. The maximum atomic E-state index is 4.65. The van der Waals surface area contributed by atoms with Crippen molar-refractivity contribution in [2.45, 2.75) is 46.8 Å². The SMILES string of the molecule is CCNC(=NCc1nccn1CC(C)C)NCCCn1cccn1.I. The molecule has 0 aliphatic rings. The Kier molecular flexibility index (Phi) is 10.2. The van der Waals surface area contributed by atoms with Crippen LogP contribution >= 0.6 is 24.0 Å². The molecule has 2 heterocycles. The molecule has 0 saturated heterocycles. The minimum absolute atomic E-state index is 0. The number of aliphatic imine (C=N–C) groups is 1. The van der Waals surface area contributed by atoms with Crippen LogP contribution in [0.5, 0.6) is 0 Å². The molecule has 0 aliphatic heterocycles. The Bertz CT molecular complexity index is 604. The van der Waals surface area contributed by atoms with E-state index in [2.05, 4.69) is 51.0 Å². The topological polar surface area (TPSA) is 72.1 Å². The highest BCUT2D eigenvalue weighted by atomic mass is 127. The lowest BCUT2D eigenvalue weighted by Gasteiger charge is -2.12. The van der Waals surface area contributed by atoms with Crippen molar-refractivity contribution in [1.82, 2.24) is 30.0 Å². The number of aromatic nitrogens is 4. The minimum atomic E-state index is 0. The van der Waals surface area contributed by atoms with Crippen LogP contribution in [0, 0.1) is 5.92 Å². The Morgan fingerprint density at radius 3 is 2.76 bits per heavy atom. The van der Waals surface area contributed by atoms with Crippen molar-refractivity contribution in [3.63, 3.8) is 0 Å². The number of halogens is 1. The zero-order chi connectivity index (χ0) is 17.2. The van der Waals surface area contributed by atoms with Crippen LogP contribution in [-0.2, 0) is 19.6 Å². The normalized spacial score (nSPS) is 11.4. The van der Waals surface area contributed by atoms with Gasteiger partial charge in [-0.3, -0.25) is 4.68 Å². The number of hydrogen-bond donors (Lipinski definition) is 2. The van der Waals surface area contributed by atoms with E-state index in [1.165, 1.54) is 0 Å². The van der Waals surface area contributed by atoms with Crippen LogP contribution in [0.15, 0.2) is 35.8 Å². The second-order valence-corrected chi connectivity index (χ2v) is 6.13. The molecule has 0 amide bonds. The summed E-state index contributed by atoms with van der Waals surface area (Å²) in [5, 5.41) is 10.8. The smallest absolute Gasteiger partial charge is 0.191 e. The quantitative estimate of drug-likeness (QED) is 0.262. The van der Waals surface area contributed by atoms with Crippen LogP contribution in [0.1, 0.15) is 33.0 Å². The molecule has 0 aliphatic carbocycles. The molecule has 0 radical (unpaired) electrons. The number of nitrogens with one attached hydrogen (secondary N) is 2. The van der Waals surface area contributed by atoms with Crippen molar-refractivity contribution in [2.24, 2.45) is 10.9 Å². The molecule has 0 saturated carbocycles. The molecule has 7 nitrogen and oxygen atoms in total. The van der Waals surface area contributed by atoms with Gasteiger partial charge in [-0.05, 0) is 25.3 Å². The van der Waals surface area contributed by atoms with Crippen molar-refractivity contribution >= 4 is 29.9 Å². The second-order valence-electron chi connectivity index (χ2n) is 6.13. The van der Waals surface area contributed by atoms with Gasteiger partial charge in [-0.1, -0.05) is 13.8 Å². The van der Waals surface area contributed by atoms with E-state index in [9.17, 15) is 0 Å². The Morgan fingerprint density at radius 1 is 1.24 bits per heavy atom. The van der Waals surface area contributed by atoms with E-state index >= 15 is 0 Å². The van der Waals surface area contributed by atoms with Crippen molar-refractivity contribution in [3.05, 3.63) is 36.7 Å². The lowest BCUT2D eigenvalue weighted by molar-refractivity contribution is 0.507. The van der Waals surface area contributed by atoms with Gasteiger partial charge >= 0.3 is 0 Å². The van der Waals surface area contributed by atoms with Gasteiger partial charge in [0, 0.05) is 51.0 Å². The Morgan fingerprint density at radius 2 is 2.08 bits per heavy atom. The zero-order valence-electron chi connectivity index (χ0n) is 15.4. The van der Waals surface area contributed by atoms with Crippen LogP contribution in [-0.4, -0.2) is 38.4 Å². The fraction of sp³-hybridized carbons (Fsp3) is 0.588. The van der Waals surface area contributed by atoms with Crippen LogP contribution in [0.25, 0.3) is 0 Å². The fourth-order valence-electron chi connectivity index (χ4n) is 2.42.